The van der Waals surface area contributed by atoms with Gasteiger partial charge in [0.15, 0.2) is 0 Å². The van der Waals surface area contributed by atoms with E-state index in [0.29, 0.717) is 6.04 Å². The lowest BCUT2D eigenvalue weighted by Crippen LogP contribution is -2.52. The third-order valence-corrected chi connectivity index (χ3v) is 5.60. The molecule has 140 valence electrons. The smallest absolute Gasteiger partial charge is 0.0751 e. The number of benzene rings is 2. The fourth-order valence-electron chi connectivity index (χ4n) is 3.68. The van der Waals surface area contributed by atoms with E-state index in [9.17, 15) is 0 Å². The summed E-state index contributed by atoms with van der Waals surface area (Å²) in [7, 11) is 0. The van der Waals surface area contributed by atoms with E-state index >= 15 is 0 Å². The highest BCUT2D eigenvalue weighted by Crippen LogP contribution is 2.33. The van der Waals surface area contributed by atoms with Gasteiger partial charge in [0, 0.05) is 30.2 Å². The summed E-state index contributed by atoms with van der Waals surface area (Å²) in [6.07, 6.45) is 0.492. The lowest BCUT2D eigenvalue weighted by molar-refractivity contribution is -0.0258. The number of anilines is 3. The Hall–Kier alpha value is -2.20. The van der Waals surface area contributed by atoms with Crippen molar-refractivity contribution in [3.63, 3.8) is 0 Å². The van der Waals surface area contributed by atoms with Gasteiger partial charge in [0.2, 0.25) is 0 Å². The molecule has 3 rings (SSSR count). The van der Waals surface area contributed by atoms with E-state index in [-0.39, 0.29) is 12.2 Å². The molecule has 0 radical (unpaired) electrons. The third kappa shape index (κ3) is 3.80. The normalized spacial score (nSPS) is 23.1. The predicted molar refractivity (Wildman–Crippen MR) is 111 cm³/mol. The van der Waals surface area contributed by atoms with Crippen LogP contribution in [-0.2, 0) is 11.3 Å². The van der Waals surface area contributed by atoms with Gasteiger partial charge in [0.05, 0.1) is 18.2 Å². The molecule has 1 aliphatic rings. The number of nitrogens with one attached hydrogen (secondary N) is 1. The molecular formula is C22H31N3O. The molecule has 2 aromatic rings. The van der Waals surface area contributed by atoms with Crippen LogP contribution in [0, 0.1) is 13.8 Å². The molecule has 0 bridgehead atoms. The van der Waals surface area contributed by atoms with Crippen molar-refractivity contribution >= 4 is 17.1 Å². The lowest BCUT2D eigenvalue weighted by Gasteiger charge is -2.43. The van der Waals surface area contributed by atoms with E-state index in [4.69, 9.17) is 10.5 Å². The molecule has 1 heterocycles. The Bertz CT molecular complexity index is 757. The summed E-state index contributed by atoms with van der Waals surface area (Å²) in [5.74, 6) is 0. The number of nitrogens with zero attached hydrogens (tertiary/aromatic N) is 1. The molecule has 2 aromatic carbocycles. The molecule has 1 fully saturated rings. The average Bonchev–Trinajstić information content (AvgIpc) is 2.61. The number of morpholine rings is 1. The molecule has 0 amide bonds. The van der Waals surface area contributed by atoms with Crippen molar-refractivity contribution in [3.05, 3.63) is 53.1 Å². The molecule has 0 aromatic heterocycles. The second-order valence-corrected chi connectivity index (χ2v) is 7.52. The van der Waals surface area contributed by atoms with Crippen LogP contribution < -0.4 is 16.0 Å². The van der Waals surface area contributed by atoms with Crippen molar-refractivity contribution in [2.75, 3.05) is 22.5 Å². The maximum Gasteiger partial charge on any atom is 0.0751 e. The minimum atomic E-state index is 0.238. The van der Waals surface area contributed by atoms with Gasteiger partial charge in [-0.2, -0.15) is 0 Å². The highest BCUT2D eigenvalue weighted by molar-refractivity contribution is 5.66. The number of hydrogen-bond donors (Lipinski definition) is 2. The van der Waals surface area contributed by atoms with Gasteiger partial charge in [-0.3, -0.25) is 0 Å². The monoisotopic (exact) mass is 353 g/mol. The lowest BCUT2D eigenvalue weighted by atomic mass is 10.0. The van der Waals surface area contributed by atoms with Crippen LogP contribution >= 0.6 is 0 Å². The molecular weight excluding hydrogens is 322 g/mol. The highest BCUT2D eigenvalue weighted by atomic mass is 16.5. The molecule has 0 spiro atoms. The van der Waals surface area contributed by atoms with Gasteiger partial charge in [0.1, 0.15) is 0 Å². The minimum Gasteiger partial charge on any atom is -0.399 e. The Morgan fingerprint density at radius 2 is 1.73 bits per heavy atom. The van der Waals surface area contributed by atoms with Crippen molar-refractivity contribution in [1.82, 2.24) is 0 Å². The molecule has 26 heavy (non-hydrogen) atoms. The summed E-state index contributed by atoms with van der Waals surface area (Å²) in [6, 6.07) is 12.8. The summed E-state index contributed by atoms with van der Waals surface area (Å²) < 4.78 is 5.98. The van der Waals surface area contributed by atoms with Gasteiger partial charge < -0.3 is 20.7 Å². The highest BCUT2D eigenvalue weighted by Gasteiger charge is 2.30. The van der Waals surface area contributed by atoms with Crippen LogP contribution in [0.15, 0.2) is 36.4 Å². The number of rotatable bonds is 4. The first-order valence-corrected chi connectivity index (χ1v) is 9.47. The largest absolute Gasteiger partial charge is 0.399 e. The molecule has 0 saturated carbocycles. The Morgan fingerprint density at radius 1 is 1.04 bits per heavy atom. The van der Waals surface area contributed by atoms with Crippen molar-refractivity contribution in [1.29, 1.82) is 0 Å². The van der Waals surface area contributed by atoms with E-state index in [1.807, 2.05) is 12.1 Å². The van der Waals surface area contributed by atoms with Crippen molar-refractivity contribution in [3.8, 4) is 0 Å². The van der Waals surface area contributed by atoms with Crippen molar-refractivity contribution in [2.24, 2.45) is 0 Å². The number of nitrogens with two attached hydrogens (primary N) is 1. The van der Waals surface area contributed by atoms with Crippen LogP contribution in [0.1, 0.15) is 37.5 Å². The topological polar surface area (TPSA) is 50.5 Å². The maximum absolute atomic E-state index is 5.98. The molecule has 1 saturated heterocycles. The third-order valence-electron chi connectivity index (χ3n) is 5.60. The first-order valence-electron chi connectivity index (χ1n) is 9.47. The minimum absolute atomic E-state index is 0.238. The fraction of sp³-hybridized carbons (Fsp3) is 0.455. The van der Waals surface area contributed by atoms with E-state index in [1.54, 1.807) is 0 Å². The molecule has 3 atom stereocenters. The molecule has 4 heteroatoms. The molecule has 3 N–H and O–H groups in total. The number of ether oxygens (including phenoxy) is 1. The fourth-order valence-corrected chi connectivity index (χ4v) is 3.68. The summed E-state index contributed by atoms with van der Waals surface area (Å²) in [4.78, 5) is 2.49. The van der Waals surface area contributed by atoms with Crippen molar-refractivity contribution < 1.29 is 4.74 Å². The number of hydrogen-bond acceptors (Lipinski definition) is 4. The van der Waals surface area contributed by atoms with Crippen LogP contribution in [0.4, 0.5) is 17.1 Å². The van der Waals surface area contributed by atoms with Crippen LogP contribution in [-0.4, -0.2) is 24.8 Å². The maximum atomic E-state index is 5.98. The number of nitrogen functional groups attached to an aromatic ring is 1. The zero-order chi connectivity index (χ0) is 18.8. The second kappa shape index (κ2) is 7.58. The summed E-state index contributed by atoms with van der Waals surface area (Å²) >= 11 is 0. The summed E-state index contributed by atoms with van der Waals surface area (Å²) in [5.41, 5.74) is 12.9. The van der Waals surface area contributed by atoms with Crippen LogP contribution in [0.25, 0.3) is 0 Å². The standard InChI is InChI=1S/C22H31N3O/c1-14-13-25(17(4)18(5)26-14)22-11-10-21(15(2)16(22)3)24-12-19-6-8-20(23)9-7-19/h6-11,14,17-18,24H,12-13,23H2,1-5H3. The molecule has 1 aliphatic heterocycles. The second-order valence-electron chi connectivity index (χ2n) is 7.52. The van der Waals surface area contributed by atoms with Gasteiger partial charge in [-0.1, -0.05) is 12.1 Å². The predicted octanol–water partition coefficient (Wildman–Crippen LogP) is 4.50. The molecule has 3 unspecified atom stereocenters. The first kappa shape index (κ1) is 18.6. The summed E-state index contributed by atoms with van der Waals surface area (Å²) in [6.45, 7) is 12.7. The quantitative estimate of drug-likeness (QED) is 0.795. The van der Waals surface area contributed by atoms with Gasteiger partial charge in [-0.25, -0.2) is 0 Å². The average molecular weight is 354 g/mol. The molecule has 4 nitrogen and oxygen atoms in total. The summed E-state index contributed by atoms with van der Waals surface area (Å²) in [5, 5.41) is 3.56. The van der Waals surface area contributed by atoms with E-state index in [2.05, 4.69) is 69.1 Å². The van der Waals surface area contributed by atoms with Gasteiger partial charge in [-0.15, -0.1) is 0 Å². The Labute approximate surface area is 157 Å². The van der Waals surface area contributed by atoms with Gasteiger partial charge in [-0.05, 0) is 75.6 Å². The van der Waals surface area contributed by atoms with Crippen LogP contribution in [0.5, 0.6) is 0 Å². The first-order chi connectivity index (χ1) is 12.4. The van der Waals surface area contributed by atoms with Crippen molar-refractivity contribution in [2.45, 2.75) is 59.4 Å². The van der Waals surface area contributed by atoms with Crippen LogP contribution in [0.2, 0.25) is 0 Å². The van der Waals surface area contributed by atoms with E-state index < -0.39 is 0 Å². The molecule has 0 aliphatic carbocycles. The van der Waals surface area contributed by atoms with E-state index in [1.165, 1.54) is 28.1 Å². The van der Waals surface area contributed by atoms with Crippen LogP contribution in [0.3, 0.4) is 0 Å². The van der Waals surface area contributed by atoms with Gasteiger partial charge in [0.25, 0.3) is 0 Å². The Morgan fingerprint density at radius 3 is 2.42 bits per heavy atom. The van der Waals surface area contributed by atoms with Gasteiger partial charge >= 0.3 is 0 Å². The zero-order valence-corrected chi connectivity index (χ0v) is 16.5. The zero-order valence-electron chi connectivity index (χ0n) is 16.5. The Kier molecular flexibility index (Phi) is 5.42. The van der Waals surface area contributed by atoms with E-state index in [0.717, 1.165) is 18.8 Å². The SMILES string of the molecule is Cc1c(NCc2ccc(N)cc2)ccc(N2CC(C)OC(C)C2C)c1C. The Balaban J connectivity index is 1.78.